The minimum absolute atomic E-state index is 0. The Bertz CT molecular complexity index is 1830. The van der Waals surface area contributed by atoms with Gasteiger partial charge in [0.25, 0.3) is 0 Å². The van der Waals surface area contributed by atoms with Gasteiger partial charge in [0, 0.05) is 33.2 Å². The van der Waals surface area contributed by atoms with Crippen LogP contribution in [0, 0.1) is 13.8 Å². The summed E-state index contributed by atoms with van der Waals surface area (Å²) in [5.41, 5.74) is 14.6. The molecule has 4 nitrogen and oxygen atoms in total. The number of fused-ring (bicyclic) bond motifs is 8. The standard InChI is InChI=1S/C34H26N4.Mn/c1-21-3-7-23(8-4-21)33-29-15-11-25(35-29)19-27-13-17-31(37-27)34(24-9-5-22(2)6-10-24)32-18-14-28(38-32)20-26-12-16-30(33)36-26;/h3-20,35-36H,1-2H3;/q;+2. The molecule has 0 fully saturated rings. The summed E-state index contributed by atoms with van der Waals surface area (Å²) in [6, 6.07) is 29.9. The Morgan fingerprint density at radius 1 is 0.487 bits per heavy atom. The summed E-state index contributed by atoms with van der Waals surface area (Å²) < 4.78 is 0. The van der Waals surface area contributed by atoms with Gasteiger partial charge in [-0.1, -0.05) is 59.7 Å². The molecule has 5 aromatic rings. The predicted molar refractivity (Wildman–Crippen MR) is 159 cm³/mol. The monoisotopic (exact) mass is 545 g/mol. The molecule has 0 saturated carbocycles. The van der Waals surface area contributed by atoms with E-state index in [-0.39, 0.29) is 17.1 Å². The minimum atomic E-state index is 0. The number of hydrogen-bond acceptors (Lipinski definition) is 2. The van der Waals surface area contributed by atoms with E-state index in [1.54, 1.807) is 0 Å². The number of nitrogens with one attached hydrogen (secondary N) is 2. The normalized spacial score (nSPS) is 11.9. The molecular formula is C34H26MnN4+2. The van der Waals surface area contributed by atoms with E-state index < -0.39 is 0 Å². The first kappa shape index (κ1) is 24.9. The number of hydrogen-bond donors (Lipinski definition) is 2. The summed E-state index contributed by atoms with van der Waals surface area (Å²) in [5.74, 6) is 0. The molecule has 187 valence electrons. The molecule has 0 spiro atoms. The molecule has 1 radical (unpaired) electrons. The zero-order valence-corrected chi connectivity index (χ0v) is 22.8. The number of H-pyrrole nitrogens is 2. The Balaban J connectivity index is 0.00000277. The molecule has 39 heavy (non-hydrogen) atoms. The van der Waals surface area contributed by atoms with Gasteiger partial charge in [0.2, 0.25) is 0 Å². The average molecular weight is 546 g/mol. The second-order valence-electron chi connectivity index (χ2n) is 9.94. The molecule has 2 N–H and O–H groups in total. The van der Waals surface area contributed by atoms with Gasteiger partial charge in [0.15, 0.2) is 0 Å². The van der Waals surface area contributed by atoms with E-state index in [0.29, 0.717) is 0 Å². The van der Waals surface area contributed by atoms with Crippen LogP contribution in [-0.4, -0.2) is 19.9 Å². The van der Waals surface area contributed by atoms with Crippen molar-refractivity contribution >= 4 is 46.4 Å². The molecule has 3 aromatic heterocycles. The van der Waals surface area contributed by atoms with Gasteiger partial charge < -0.3 is 9.97 Å². The van der Waals surface area contributed by atoms with E-state index in [9.17, 15) is 0 Å². The van der Waals surface area contributed by atoms with Crippen molar-refractivity contribution in [3.8, 4) is 22.3 Å². The van der Waals surface area contributed by atoms with Crippen LogP contribution in [0.3, 0.4) is 0 Å². The first-order valence-corrected chi connectivity index (χ1v) is 12.8. The third-order valence-electron chi connectivity index (χ3n) is 7.08. The summed E-state index contributed by atoms with van der Waals surface area (Å²) in [7, 11) is 0. The first-order chi connectivity index (χ1) is 18.6. The fourth-order valence-electron chi connectivity index (χ4n) is 5.12. The van der Waals surface area contributed by atoms with Crippen LogP contribution in [0.5, 0.6) is 0 Å². The number of benzene rings is 2. The Morgan fingerprint density at radius 2 is 0.923 bits per heavy atom. The van der Waals surface area contributed by atoms with Gasteiger partial charge >= 0.3 is 17.1 Å². The predicted octanol–water partition coefficient (Wildman–Crippen LogP) is 8.60. The van der Waals surface area contributed by atoms with Crippen molar-refractivity contribution in [3.05, 3.63) is 119 Å². The van der Waals surface area contributed by atoms with E-state index in [0.717, 1.165) is 67.1 Å². The van der Waals surface area contributed by atoms with Crippen LogP contribution in [0.25, 0.3) is 68.6 Å². The van der Waals surface area contributed by atoms with Crippen LogP contribution in [0.15, 0.2) is 84.9 Å². The molecule has 2 aliphatic rings. The summed E-state index contributed by atoms with van der Waals surface area (Å²) >= 11 is 0. The van der Waals surface area contributed by atoms with E-state index in [4.69, 9.17) is 9.97 Å². The number of nitrogens with zero attached hydrogens (tertiary/aromatic N) is 2. The molecule has 5 heterocycles. The molecule has 2 aliphatic heterocycles. The van der Waals surface area contributed by atoms with Gasteiger partial charge in [0.1, 0.15) is 0 Å². The molecule has 7 rings (SSSR count). The van der Waals surface area contributed by atoms with Crippen molar-refractivity contribution in [3.63, 3.8) is 0 Å². The Hall–Kier alpha value is -4.44. The SMILES string of the molecule is Cc1ccc(-c2c3nc(cc4ccc([nH]4)c(-c4ccc(C)cc4)c4ccc(cc5nc2C=C5)[nH]4)C=C3)cc1.[Mn+2]. The van der Waals surface area contributed by atoms with Crippen LogP contribution in [0.2, 0.25) is 0 Å². The van der Waals surface area contributed by atoms with Crippen LogP contribution >= 0.6 is 0 Å². The topological polar surface area (TPSA) is 57.4 Å². The van der Waals surface area contributed by atoms with Crippen LogP contribution in [0.1, 0.15) is 33.9 Å². The zero-order chi connectivity index (χ0) is 25.6. The second kappa shape index (κ2) is 10.0. The molecule has 0 saturated heterocycles. The van der Waals surface area contributed by atoms with Gasteiger partial charge in [-0.25, -0.2) is 9.97 Å². The number of aromatic nitrogens is 4. The molecule has 2 aromatic carbocycles. The van der Waals surface area contributed by atoms with E-state index in [1.165, 1.54) is 11.1 Å². The van der Waals surface area contributed by atoms with E-state index >= 15 is 0 Å². The number of aryl methyl sites for hydroxylation is 2. The van der Waals surface area contributed by atoms with Gasteiger partial charge in [-0.15, -0.1) is 0 Å². The van der Waals surface area contributed by atoms with Crippen molar-refractivity contribution in [2.45, 2.75) is 13.8 Å². The molecule has 5 heteroatoms. The summed E-state index contributed by atoms with van der Waals surface area (Å²) in [6.45, 7) is 4.22. The maximum absolute atomic E-state index is 5.01. The third kappa shape index (κ3) is 4.79. The van der Waals surface area contributed by atoms with Crippen molar-refractivity contribution in [1.29, 1.82) is 0 Å². The fraction of sp³-hybridized carbons (Fsp3) is 0.0588. The molecule has 0 atom stereocenters. The minimum Gasteiger partial charge on any atom is -0.355 e. The van der Waals surface area contributed by atoms with Gasteiger partial charge in [-0.2, -0.15) is 0 Å². The third-order valence-corrected chi connectivity index (χ3v) is 7.08. The average Bonchev–Trinajstić information content (AvgIpc) is 3.72. The second-order valence-corrected chi connectivity index (χ2v) is 9.94. The van der Waals surface area contributed by atoms with E-state index in [2.05, 4.69) is 133 Å². The molecule has 8 bridgehead atoms. The molecular weight excluding hydrogens is 519 g/mol. The smallest absolute Gasteiger partial charge is 0.355 e. The number of rotatable bonds is 2. The van der Waals surface area contributed by atoms with Gasteiger partial charge in [-0.05, 0) is 85.7 Å². The van der Waals surface area contributed by atoms with Crippen LogP contribution in [-0.2, 0) is 17.1 Å². The van der Waals surface area contributed by atoms with Crippen molar-refractivity contribution in [2.75, 3.05) is 0 Å². The fourth-order valence-corrected chi connectivity index (χ4v) is 5.12. The summed E-state index contributed by atoms with van der Waals surface area (Å²) in [6.07, 6.45) is 8.31. The van der Waals surface area contributed by atoms with Crippen LogP contribution in [0.4, 0.5) is 0 Å². The molecule has 0 amide bonds. The van der Waals surface area contributed by atoms with E-state index in [1.807, 2.05) is 0 Å². The van der Waals surface area contributed by atoms with Crippen LogP contribution < -0.4 is 0 Å². The maximum Gasteiger partial charge on any atom is 2.00 e. The van der Waals surface area contributed by atoms with Crippen molar-refractivity contribution in [2.24, 2.45) is 0 Å². The van der Waals surface area contributed by atoms with Crippen molar-refractivity contribution in [1.82, 2.24) is 19.9 Å². The van der Waals surface area contributed by atoms with Crippen molar-refractivity contribution < 1.29 is 17.1 Å². The largest absolute Gasteiger partial charge is 2.00 e. The Kier molecular flexibility index (Phi) is 6.40. The van der Waals surface area contributed by atoms with Gasteiger partial charge in [-0.3, -0.25) is 0 Å². The summed E-state index contributed by atoms with van der Waals surface area (Å²) in [5, 5.41) is 0. The Morgan fingerprint density at radius 3 is 1.38 bits per heavy atom. The zero-order valence-electron chi connectivity index (χ0n) is 21.7. The first-order valence-electron chi connectivity index (χ1n) is 12.8. The number of aromatic amines is 2. The summed E-state index contributed by atoms with van der Waals surface area (Å²) in [4.78, 5) is 17.3. The Labute approximate surface area is 237 Å². The molecule has 0 unspecified atom stereocenters. The quantitative estimate of drug-likeness (QED) is 0.214. The maximum atomic E-state index is 5.01. The van der Waals surface area contributed by atoms with Gasteiger partial charge in [0.05, 0.1) is 22.8 Å². The molecule has 0 aliphatic carbocycles.